The van der Waals surface area contributed by atoms with Gasteiger partial charge in [-0.05, 0) is 36.4 Å². The monoisotopic (exact) mass is 336 g/mol. The molecule has 2 amide bonds. The summed E-state index contributed by atoms with van der Waals surface area (Å²) < 4.78 is 7.00. The zero-order valence-electron chi connectivity index (χ0n) is 13.4. The molecule has 0 saturated heterocycles. The smallest absolute Gasteiger partial charge is 0.270 e. The van der Waals surface area contributed by atoms with Crippen LogP contribution in [0, 0.1) is 0 Å². The fourth-order valence-electron chi connectivity index (χ4n) is 2.89. The van der Waals surface area contributed by atoms with Gasteiger partial charge in [-0.2, -0.15) is 5.10 Å². The number of ether oxygens (including phenoxy) is 1. The highest BCUT2D eigenvalue weighted by atomic mass is 16.5. The Labute approximate surface area is 143 Å². The highest BCUT2D eigenvalue weighted by molar-refractivity contribution is 5.98. The van der Waals surface area contributed by atoms with Crippen molar-refractivity contribution in [3.05, 3.63) is 60.4 Å². The summed E-state index contributed by atoms with van der Waals surface area (Å²) in [5.41, 5.74) is 2.04. The maximum Gasteiger partial charge on any atom is 0.270 e. The van der Waals surface area contributed by atoms with E-state index in [-0.39, 0.29) is 18.4 Å². The molecule has 0 bridgehead atoms. The van der Waals surface area contributed by atoms with Gasteiger partial charge in [-0.3, -0.25) is 9.59 Å². The van der Waals surface area contributed by atoms with E-state index >= 15 is 0 Å². The maximum atomic E-state index is 12.4. The van der Waals surface area contributed by atoms with Crippen LogP contribution in [-0.4, -0.2) is 41.1 Å². The Hall–Kier alpha value is -3.35. The van der Waals surface area contributed by atoms with Crippen LogP contribution in [0.1, 0.15) is 10.5 Å². The highest BCUT2D eigenvalue weighted by Gasteiger charge is 2.24. The number of hydrogen-bond acceptors (Lipinski definition) is 4. The van der Waals surface area contributed by atoms with Gasteiger partial charge < -0.3 is 15.0 Å². The molecule has 0 saturated carbocycles. The van der Waals surface area contributed by atoms with Crippen molar-refractivity contribution >= 4 is 23.0 Å². The van der Waals surface area contributed by atoms with Crippen LogP contribution in [0.4, 0.5) is 5.69 Å². The molecule has 0 fully saturated rings. The lowest BCUT2D eigenvalue weighted by atomic mass is 10.2. The number of anilines is 1. The van der Waals surface area contributed by atoms with E-state index < -0.39 is 0 Å². The molecule has 0 spiro atoms. The van der Waals surface area contributed by atoms with Gasteiger partial charge in [0.1, 0.15) is 11.4 Å². The van der Waals surface area contributed by atoms with Crippen LogP contribution in [0.15, 0.2) is 54.7 Å². The van der Waals surface area contributed by atoms with Crippen LogP contribution in [0.5, 0.6) is 5.75 Å². The standard InChI is InChI=1S/C18H16N4O3/c23-17-12-25-16-6-2-1-5-14(16)21(17)11-10-19-18(24)15-8-7-13-4-3-9-20-22(13)15/h1-9H,10-12H2,(H,19,24). The fraction of sp³-hybridized carbons (Fsp3) is 0.167. The summed E-state index contributed by atoms with van der Waals surface area (Å²) in [5, 5.41) is 7.02. The van der Waals surface area contributed by atoms with Crippen molar-refractivity contribution in [1.29, 1.82) is 0 Å². The van der Waals surface area contributed by atoms with Crippen molar-refractivity contribution in [2.24, 2.45) is 0 Å². The third-order valence-electron chi connectivity index (χ3n) is 4.08. The van der Waals surface area contributed by atoms with E-state index in [4.69, 9.17) is 4.74 Å². The maximum absolute atomic E-state index is 12.4. The molecule has 0 radical (unpaired) electrons. The molecule has 3 heterocycles. The second-order valence-corrected chi connectivity index (χ2v) is 5.64. The molecule has 1 aliphatic heterocycles. The molecule has 0 atom stereocenters. The number of hydrogen-bond donors (Lipinski definition) is 1. The normalized spacial score (nSPS) is 13.4. The quantitative estimate of drug-likeness (QED) is 0.783. The van der Waals surface area contributed by atoms with Crippen LogP contribution in [-0.2, 0) is 4.79 Å². The number of nitrogens with one attached hydrogen (secondary N) is 1. The van der Waals surface area contributed by atoms with Gasteiger partial charge in [0.25, 0.3) is 11.8 Å². The number of carbonyl (C=O) groups is 2. The first-order valence-electron chi connectivity index (χ1n) is 7.97. The lowest BCUT2D eigenvalue weighted by Gasteiger charge is -2.29. The third-order valence-corrected chi connectivity index (χ3v) is 4.08. The Morgan fingerprint density at radius 3 is 2.96 bits per heavy atom. The van der Waals surface area contributed by atoms with Gasteiger partial charge in [-0.15, -0.1) is 0 Å². The van der Waals surface area contributed by atoms with Crippen molar-refractivity contribution in [2.45, 2.75) is 0 Å². The van der Waals surface area contributed by atoms with Crippen molar-refractivity contribution in [3.63, 3.8) is 0 Å². The molecule has 1 N–H and O–H groups in total. The molecule has 7 nitrogen and oxygen atoms in total. The van der Waals surface area contributed by atoms with Gasteiger partial charge in [-0.25, -0.2) is 4.52 Å². The molecule has 1 aliphatic rings. The number of amides is 2. The minimum atomic E-state index is -0.229. The summed E-state index contributed by atoms with van der Waals surface area (Å²) in [4.78, 5) is 26.1. The molecule has 126 valence electrons. The first-order chi connectivity index (χ1) is 12.2. The number of rotatable bonds is 4. The Kier molecular flexibility index (Phi) is 3.81. The molecular weight excluding hydrogens is 320 g/mol. The molecular formula is C18H16N4O3. The van der Waals surface area contributed by atoms with Gasteiger partial charge in [0, 0.05) is 19.3 Å². The average molecular weight is 336 g/mol. The zero-order chi connectivity index (χ0) is 17.2. The topological polar surface area (TPSA) is 75.9 Å². The number of carbonyl (C=O) groups excluding carboxylic acids is 2. The predicted octanol–water partition coefficient (Wildman–Crippen LogP) is 1.49. The molecule has 25 heavy (non-hydrogen) atoms. The van der Waals surface area contributed by atoms with Crippen molar-refractivity contribution in [1.82, 2.24) is 14.9 Å². The number of fused-ring (bicyclic) bond motifs is 2. The number of nitrogens with zero attached hydrogens (tertiary/aromatic N) is 3. The molecule has 7 heteroatoms. The Bertz CT molecular complexity index is 950. The number of para-hydroxylation sites is 2. The number of aromatic nitrogens is 2. The molecule has 3 aromatic rings. The molecule has 0 unspecified atom stereocenters. The molecule has 0 aliphatic carbocycles. The van der Waals surface area contributed by atoms with Crippen molar-refractivity contribution in [3.8, 4) is 5.75 Å². The highest BCUT2D eigenvalue weighted by Crippen LogP contribution is 2.30. The summed E-state index contributed by atoms with van der Waals surface area (Å²) in [6.45, 7) is 0.721. The third kappa shape index (κ3) is 2.80. The SMILES string of the molecule is O=C(NCCN1C(=O)COc2ccccc21)c1ccc2cccnn12. The summed E-state index contributed by atoms with van der Waals surface area (Å²) in [6, 6.07) is 14.6. The van der Waals surface area contributed by atoms with Crippen LogP contribution in [0.25, 0.3) is 5.52 Å². The van der Waals surface area contributed by atoms with Crippen LogP contribution < -0.4 is 15.0 Å². The van der Waals surface area contributed by atoms with Crippen LogP contribution in [0.3, 0.4) is 0 Å². The van der Waals surface area contributed by atoms with E-state index in [1.165, 1.54) is 0 Å². The number of benzene rings is 1. The minimum Gasteiger partial charge on any atom is -0.482 e. The first-order valence-corrected chi connectivity index (χ1v) is 7.97. The van der Waals surface area contributed by atoms with E-state index in [0.29, 0.717) is 24.5 Å². The van der Waals surface area contributed by atoms with Crippen molar-refractivity contribution < 1.29 is 14.3 Å². The zero-order valence-corrected chi connectivity index (χ0v) is 13.4. The lowest BCUT2D eigenvalue weighted by molar-refractivity contribution is -0.121. The first kappa shape index (κ1) is 15.2. The average Bonchev–Trinajstić information content (AvgIpc) is 3.07. The Morgan fingerprint density at radius 2 is 2.04 bits per heavy atom. The Morgan fingerprint density at radius 1 is 1.16 bits per heavy atom. The van der Waals surface area contributed by atoms with Crippen molar-refractivity contribution in [2.75, 3.05) is 24.6 Å². The largest absolute Gasteiger partial charge is 0.482 e. The lowest BCUT2D eigenvalue weighted by Crippen LogP contribution is -2.43. The summed E-state index contributed by atoms with van der Waals surface area (Å²) >= 11 is 0. The van der Waals surface area contributed by atoms with E-state index in [0.717, 1.165) is 11.2 Å². The van der Waals surface area contributed by atoms with E-state index in [9.17, 15) is 9.59 Å². The fourth-order valence-corrected chi connectivity index (χ4v) is 2.89. The van der Waals surface area contributed by atoms with E-state index in [1.807, 2.05) is 42.5 Å². The van der Waals surface area contributed by atoms with Gasteiger partial charge in [0.15, 0.2) is 6.61 Å². The second kappa shape index (κ2) is 6.27. The van der Waals surface area contributed by atoms with Crippen LogP contribution in [0.2, 0.25) is 0 Å². The molecule has 2 aromatic heterocycles. The van der Waals surface area contributed by atoms with Gasteiger partial charge in [0.05, 0.1) is 11.2 Å². The van der Waals surface area contributed by atoms with Gasteiger partial charge in [0.2, 0.25) is 0 Å². The second-order valence-electron chi connectivity index (χ2n) is 5.64. The van der Waals surface area contributed by atoms with E-state index in [2.05, 4.69) is 10.4 Å². The summed E-state index contributed by atoms with van der Waals surface area (Å²) in [6.07, 6.45) is 1.63. The van der Waals surface area contributed by atoms with Gasteiger partial charge >= 0.3 is 0 Å². The van der Waals surface area contributed by atoms with E-state index in [1.54, 1.807) is 21.7 Å². The minimum absolute atomic E-state index is 0.0121. The summed E-state index contributed by atoms with van der Waals surface area (Å²) in [7, 11) is 0. The molecule has 4 rings (SSSR count). The van der Waals surface area contributed by atoms with Crippen LogP contribution >= 0.6 is 0 Å². The summed E-state index contributed by atoms with van der Waals surface area (Å²) in [5.74, 6) is 0.325. The predicted molar refractivity (Wildman–Crippen MR) is 91.8 cm³/mol. The van der Waals surface area contributed by atoms with Gasteiger partial charge in [-0.1, -0.05) is 12.1 Å². The Balaban J connectivity index is 1.44. The molecule has 1 aromatic carbocycles.